The highest BCUT2D eigenvalue weighted by atomic mass is 35.5. The molecule has 3 aliphatic heterocycles. The summed E-state index contributed by atoms with van der Waals surface area (Å²) in [6.07, 6.45) is 0.253. The van der Waals surface area contributed by atoms with Gasteiger partial charge >= 0.3 is 0 Å². The van der Waals surface area contributed by atoms with E-state index in [0.29, 0.717) is 45.0 Å². The van der Waals surface area contributed by atoms with Gasteiger partial charge in [0.15, 0.2) is 0 Å². The predicted molar refractivity (Wildman–Crippen MR) is 168 cm³/mol. The first kappa shape index (κ1) is 37.1. The van der Waals surface area contributed by atoms with E-state index in [1.807, 2.05) is 0 Å². The van der Waals surface area contributed by atoms with Crippen molar-refractivity contribution in [3.05, 3.63) is 0 Å². The molecule has 0 aromatic carbocycles. The molecule has 1 aliphatic carbocycles. The maximum atomic E-state index is 15.1. The third-order valence-electron chi connectivity index (χ3n) is 10.2. The summed E-state index contributed by atoms with van der Waals surface area (Å²) in [5.41, 5.74) is 0. The summed E-state index contributed by atoms with van der Waals surface area (Å²) in [5.74, 6) is 0.567. The molecule has 1 amide bonds. The number of aliphatic hydroxyl groups excluding tert-OH is 5. The van der Waals surface area contributed by atoms with Gasteiger partial charge in [-0.2, -0.15) is 0 Å². The lowest BCUT2D eigenvalue weighted by molar-refractivity contribution is -0.132. The number of hydrogen-bond donors (Lipinski definition) is 8. The number of likely N-dealkylation sites (tertiary alicyclic amines) is 2. The molecule has 14 heteroatoms. The topological polar surface area (TPSA) is 170 Å². The van der Waals surface area contributed by atoms with E-state index in [1.165, 1.54) is 12.8 Å². The highest BCUT2D eigenvalue weighted by Gasteiger charge is 2.36. The molecule has 12 nitrogen and oxygen atoms in total. The first-order chi connectivity index (χ1) is 21.6. The van der Waals surface area contributed by atoms with Gasteiger partial charge in [0.2, 0.25) is 5.91 Å². The zero-order valence-corrected chi connectivity index (χ0v) is 27.2. The van der Waals surface area contributed by atoms with Crippen molar-refractivity contribution in [1.82, 2.24) is 25.8 Å². The molecule has 8 atom stereocenters. The van der Waals surface area contributed by atoms with Crippen LogP contribution >= 0.6 is 11.6 Å². The van der Waals surface area contributed by atoms with Crippen molar-refractivity contribution in [2.45, 2.75) is 106 Å². The molecule has 0 bridgehead atoms. The third-order valence-corrected chi connectivity index (χ3v) is 10.5. The van der Waals surface area contributed by atoms with Crippen molar-refractivity contribution < 1.29 is 39.5 Å². The summed E-state index contributed by atoms with van der Waals surface area (Å²) in [6.45, 7) is 5.40. The van der Waals surface area contributed by atoms with Crippen molar-refractivity contribution in [2.75, 3.05) is 65.6 Å². The number of halogens is 2. The molecule has 3 heterocycles. The maximum Gasteiger partial charge on any atom is 0.222 e. The average Bonchev–Trinajstić information content (AvgIpc) is 3.53. The van der Waals surface area contributed by atoms with Gasteiger partial charge in [-0.15, -0.1) is 11.6 Å². The smallest absolute Gasteiger partial charge is 0.222 e. The number of nitrogens with zero attached hydrogens (tertiary/aromatic N) is 2. The summed E-state index contributed by atoms with van der Waals surface area (Å²) in [7, 11) is 0. The van der Waals surface area contributed by atoms with Gasteiger partial charge in [0.1, 0.15) is 30.8 Å². The van der Waals surface area contributed by atoms with E-state index in [9.17, 15) is 25.2 Å². The van der Waals surface area contributed by atoms with Gasteiger partial charge in [0.25, 0.3) is 0 Å². The molecule has 0 aromatic rings. The van der Waals surface area contributed by atoms with Crippen LogP contribution in [0.4, 0.5) is 4.39 Å². The standard InChI is InChI=1S/C31H57ClFN5O7/c32-23-15-35-31(36-16-23)37-8-5-20(6-9-37)2-1-11-45-24-4-3-22(25(33)13-24)12-28(42)38-10-7-21(18-38)14-34-17-26(40)29(43)30(44)27(41)19-39/h20-27,29-31,34-36,39-41,43-44H,1-19H2/t21-,22?,23?,24?,25?,26-,27+,29+,30+,31?/m0/s1. The van der Waals surface area contributed by atoms with Crippen molar-refractivity contribution in [3.8, 4) is 0 Å². The van der Waals surface area contributed by atoms with Crippen LogP contribution in [0.1, 0.15) is 57.8 Å². The minimum Gasteiger partial charge on any atom is -0.394 e. The van der Waals surface area contributed by atoms with Gasteiger partial charge in [-0.05, 0) is 69.2 Å². The number of carbonyl (C=O) groups excluding carboxylic acids is 1. The summed E-state index contributed by atoms with van der Waals surface area (Å²) in [4.78, 5) is 17.2. The molecule has 45 heavy (non-hydrogen) atoms. The van der Waals surface area contributed by atoms with Crippen LogP contribution in [0, 0.1) is 17.8 Å². The Balaban J connectivity index is 1.03. The maximum absolute atomic E-state index is 15.1. The van der Waals surface area contributed by atoms with Gasteiger partial charge < -0.3 is 40.5 Å². The van der Waals surface area contributed by atoms with Crippen molar-refractivity contribution >= 4 is 17.5 Å². The number of ether oxygens (including phenoxy) is 1. The third kappa shape index (κ3) is 11.4. The molecule has 0 aromatic heterocycles. The minimum atomic E-state index is -1.66. The number of piperidine rings is 1. The predicted octanol–water partition coefficient (Wildman–Crippen LogP) is -0.650. The molecule has 0 radical (unpaired) electrons. The Kier molecular flexibility index (Phi) is 15.4. The van der Waals surface area contributed by atoms with Crippen LogP contribution in [0.3, 0.4) is 0 Å². The van der Waals surface area contributed by atoms with E-state index < -0.39 is 37.2 Å². The average molecular weight is 666 g/mol. The molecular formula is C31H57ClFN5O7. The van der Waals surface area contributed by atoms with Crippen molar-refractivity contribution in [3.63, 3.8) is 0 Å². The second-order valence-corrected chi connectivity index (χ2v) is 14.3. The molecule has 3 saturated heterocycles. The second kappa shape index (κ2) is 18.7. The molecule has 0 spiro atoms. The number of hydrogen-bond acceptors (Lipinski definition) is 11. The number of carbonyl (C=O) groups is 1. The van der Waals surface area contributed by atoms with Gasteiger partial charge in [-0.25, -0.2) is 4.39 Å². The van der Waals surface area contributed by atoms with Crippen LogP contribution in [0.15, 0.2) is 0 Å². The molecule has 4 rings (SSSR count). The molecule has 262 valence electrons. The Morgan fingerprint density at radius 3 is 2.36 bits per heavy atom. The molecule has 4 aliphatic rings. The lowest BCUT2D eigenvalue weighted by atomic mass is 9.83. The minimum absolute atomic E-state index is 0.0126. The van der Waals surface area contributed by atoms with Gasteiger partial charge in [-0.3, -0.25) is 20.3 Å². The Bertz CT molecular complexity index is 870. The zero-order chi connectivity index (χ0) is 32.3. The van der Waals surface area contributed by atoms with Crippen molar-refractivity contribution in [1.29, 1.82) is 0 Å². The fraction of sp³-hybridized carbons (Fsp3) is 0.968. The van der Waals surface area contributed by atoms with Crippen LogP contribution in [-0.4, -0.2) is 155 Å². The molecule has 1 saturated carbocycles. The van der Waals surface area contributed by atoms with Crippen molar-refractivity contribution in [2.24, 2.45) is 17.8 Å². The highest BCUT2D eigenvalue weighted by molar-refractivity contribution is 6.21. The molecule has 4 fully saturated rings. The van der Waals surface area contributed by atoms with E-state index in [1.54, 1.807) is 4.90 Å². The number of nitrogens with one attached hydrogen (secondary N) is 3. The van der Waals surface area contributed by atoms with Crippen LogP contribution in [0.25, 0.3) is 0 Å². The fourth-order valence-corrected chi connectivity index (χ4v) is 7.40. The molecular weight excluding hydrogens is 609 g/mol. The first-order valence-corrected chi connectivity index (χ1v) is 17.5. The quantitative estimate of drug-likeness (QED) is 0.0779. The van der Waals surface area contributed by atoms with Gasteiger partial charge in [0, 0.05) is 65.3 Å². The SMILES string of the molecule is O=C(CC1CCC(OCCCC2CCN(C3NCC(Cl)CN3)CC2)CC1F)N1CC[C@@H](CNC[C@H](O)[C@@H](O)[C@H](O)[C@H](O)CO)C1. The first-order valence-electron chi connectivity index (χ1n) is 17.1. The molecule has 3 unspecified atom stereocenters. The van der Waals surface area contributed by atoms with E-state index in [0.717, 1.165) is 51.9 Å². The van der Waals surface area contributed by atoms with E-state index in [4.69, 9.17) is 21.4 Å². The Labute approximate surface area is 272 Å². The van der Waals surface area contributed by atoms with E-state index in [2.05, 4.69) is 20.9 Å². The number of aliphatic hydroxyl groups is 5. The lowest BCUT2D eigenvalue weighted by Crippen LogP contribution is -2.62. The number of amides is 1. The molecule has 8 N–H and O–H groups in total. The Morgan fingerprint density at radius 1 is 0.978 bits per heavy atom. The largest absolute Gasteiger partial charge is 0.394 e. The number of rotatable bonds is 16. The Hall–Kier alpha value is -0.710. The van der Waals surface area contributed by atoms with Crippen LogP contribution in [0.2, 0.25) is 0 Å². The summed E-state index contributed by atoms with van der Waals surface area (Å²) in [5, 5.41) is 58.2. The van der Waals surface area contributed by atoms with Gasteiger partial charge in [-0.1, -0.05) is 0 Å². The van der Waals surface area contributed by atoms with E-state index >= 15 is 4.39 Å². The highest BCUT2D eigenvalue weighted by Crippen LogP contribution is 2.33. The van der Waals surface area contributed by atoms with E-state index in [-0.39, 0.29) is 48.5 Å². The summed E-state index contributed by atoms with van der Waals surface area (Å²) < 4.78 is 21.2. The van der Waals surface area contributed by atoms with Gasteiger partial charge in [0.05, 0.1) is 24.2 Å². The Morgan fingerprint density at radius 2 is 1.67 bits per heavy atom. The summed E-state index contributed by atoms with van der Waals surface area (Å²) >= 11 is 6.16. The second-order valence-electron chi connectivity index (χ2n) is 13.7. The van der Waals surface area contributed by atoms with Crippen LogP contribution < -0.4 is 16.0 Å². The zero-order valence-electron chi connectivity index (χ0n) is 26.5. The normalized spacial score (nSPS) is 33.2. The van der Waals surface area contributed by atoms with Crippen LogP contribution in [0.5, 0.6) is 0 Å². The van der Waals surface area contributed by atoms with Crippen LogP contribution in [-0.2, 0) is 9.53 Å². The monoisotopic (exact) mass is 665 g/mol. The summed E-state index contributed by atoms with van der Waals surface area (Å²) in [6, 6.07) is 0. The lowest BCUT2D eigenvalue weighted by Gasteiger charge is -2.41. The number of alkyl halides is 2. The fourth-order valence-electron chi connectivity index (χ4n) is 7.23.